The number of hydrogen-bond donors (Lipinski definition) is 2. The zero-order valence-corrected chi connectivity index (χ0v) is 30.8. The predicted octanol–water partition coefficient (Wildman–Crippen LogP) is 7.59. The molecule has 3 aliphatic rings. The summed E-state index contributed by atoms with van der Waals surface area (Å²) in [7, 11) is 1.81. The topological polar surface area (TPSA) is 124 Å². The summed E-state index contributed by atoms with van der Waals surface area (Å²) in [6, 6.07) is 4.92. The highest BCUT2D eigenvalue weighted by atomic mass is 32.1. The number of ether oxygens (including phenoxy) is 2. The molecule has 3 aromatic heterocycles. The van der Waals surface area contributed by atoms with Gasteiger partial charge in [-0.15, -0.1) is 11.3 Å². The SMILES string of the molecule is CNc1ncncc1C(C)N1CCOc2c(C)c(-c3ccc(F)c4sc(NC(C)C)c(C#N)c34)c(F)c3nc(OCC45CCCN4CCC5)nc1c23. The number of rotatable bonds is 9. The molecule has 11 nitrogen and oxygen atoms in total. The van der Waals surface area contributed by atoms with Gasteiger partial charge < -0.3 is 25.0 Å². The van der Waals surface area contributed by atoms with Gasteiger partial charge in [-0.25, -0.2) is 18.7 Å². The third-order valence-electron chi connectivity index (χ3n) is 10.9. The van der Waals surface area contributed by atoms with E-state index in [0.29, 0.717) is 57.4 Å². The Kier molecular flexibility index (Phi) is 8.74. The largest absolute Gasteiger partial charge is 0.491 e. The van der Waals surface area contributed by atoms with Crippen LogP contribution in [-0.4, -0.2) is 76.3 Å². The molecule has 0 bridgehead atoms. The molecule has 0 spiro atoms. The summed E-state index contributed by atoms with van der Waals surface area (Å²) < 4.78 is 46.3. The molecule has 5 aromatic rings. The second kappa shape index (κ2) is 13.3. The molecule has 6 heterocycles. The van der Waals surface area contributed by atoms with Crippen molar-refractivity contribution in [2.45, 2.75) is 71.0 Å². The maximum atomic E-state index is 17.6. The van der Waals surface area contributed by atoms with Crippen LogP contribution in [0.1, 0.15) is 69.2 Å². The number of thiophene rings is 1. The molecule has 0 amide bonds. The van der Waals surface area contributed by atoms with Crippen molar-refractivity contribution >= 4 is 49.0 Å². The maximum Gasteiger partial charge on any atom is 0.319 e. The van der Waals surface area contributed by atoms with Gasteiger partial charge in [-0.1, -0.05) is 6.07 Å². The average molecular weight is 726 g/mol. The Labute approximate surface area is 305 Å². The van der Waals surface area contributed by atoms with Gasteiger partial charge in [0.2, 0.25) is 0 Å². The van der Waals surface area contributed by atoms with Crippen LogP contribution in [0.25, 0.3) is 32.1 Å². The first-order valence-electron chi connectivity index (χ1n) is 17.9. The number of nitrogens with one attached hydrogen (secondary N) is 2. The smallest absolute Gasteiger partial charge is 0.319 e. The van der Waals surface area contributed by atoms with E-state index in [4.69, 9.17) is 19.4 Å². The summed E-state index contributed by atoms with van der Waals surface area (Å²) in [6.45, 7) is 10.9. The molecular formula is C38H41F2N9O2S. The van der Waals surface area contributed by atoms with Crippen molar-refractivity contribution in [2.24, 2.45) is 0 Å². The fourth-order valence-electron chi connectivity index (χ4n) is 8.42. The van der Waals surface area contributed by atoms with Gasteiger partial charge in [-0.05, 0) is 78.1 Å². The van der Waals surface area contributed by atoms with Gasteiger partial charge in [0, 0.05) is 41.4 Å². The predicted molar refractivity (Wildman–Crippen MR) is 200 cm³/mol. The summed E-state index contributed by atoms with van der Waals surface area (Å²) in [5, 5.41) is 18.1. The molecular weight excluding hydrogens is 685 g/mol. The van der Waals surface area contributed by atoms with Gasteiger partial charge >= 0.3 is 6.01 Å². The van der Waals surface area contributed by atoms with Crippen LogP contribution in [0, 0.1) is 29.9 Å². The number of halogens is 2. The van der Waals surface area contributed by atoms with Crippen LogP contribution >= 0.6 is 11.3 Å². The average Bonchev–Trinajstić information content (AvgIpc) is 3.79. The molecule has 8 rings (SSSR count). The molecule has 2 N–H and O–H groups in total. The Morgan fingerprint density at radius 2 is 1.90 bits per heavy atom. The van der Waals surface area contributed by atoms with E-state index >= 15 is 8.78 Å². The summed E-state index contributed by atoms with van der Waals surface area (Å²) in [5.74, 6) is 0.485. The van der Waals surface area contributed by atoms with Gasteiger partial charge in [-0.3, -0.25) is 4.90 Å². The lowest BCUT2D eigenvalue weighted by molar-refractivity contribution is 0.108. The minimum Gasteiger partial charge on any atom is -0.491 e. The number of aromatic nitrogens is 4. The number of nitriles is 1. The summed E-state index contributed by atoms with van der Waals surface area (Å²) in [5.41, 5.74) is 2.15. The maximum absolute atomic E-state index is 17.6. The number of fused-ring (bicyclic) bond motifs is 2. The number of benzene rings is 2. The van der Waals surface area contributed by atoms with Gasteiger partial charge in [-0.2, -0.15) is 15.2 Å². The highest BCUT2D eigenvalue weighted by Gasteiger charge is 2.45. The lowest BCUT2D eigenvalue weighted by Crippen LogP contribution is -2.43. The van der Waals surface area contributed by atoms with Gasteiger partial charge in [0.1, 0.15) is 59.3 Å². The van der Waals surface area contributed by atoms with Gasteiger partial charge in [0.25, 0.3) is 0 Å². The normalized spacial score (nSPS) is 17.2. The lowest BCUT2D eigenvalue weighted by atomic mass is 9.92. The summed E-state index contributed by atoms with van der Waals surface area (Å²) in [4.78, 5) is 23.1. The molecule has 270 valence electrons. The van der Waals surface area contributed by atoms with Crippen LogP contribution in [0.2, 0.25) is 0 Å². The van der Waals surface area contributed by atoms with Gasteiger partial charge in [0.15, 0.2) is 5.82 Å². The van der Waals surface area contributed by atoms with Crippen molar-refractivity contribution < 1.29 is 18.3 Å². The third-order valence-corrected chi connectivity index (χ3v) is 12.0. The Hall–Kier alpha value is -4.87. The van der Waals surface area contributed by atoms with Crippen molar-refractivity contribution in [3.8, 4) is 29.0 Å². The minimum absolute atomic E-state index is 0.00183. The van der Waals surface area contributed by atoms with Crippen molar-refractivity contribution in [3.63, 3.8) is 0 Å². The third kappa shape index (κ3) is 5.44. The van der Waals surface area contributed by atoms with Crippen LogP contribution in [0.15, 0.2) is 24.7 Å². The molecule has 1 unspecified atom stereocenters. The first kappa shape index (κ1) is 34.2. The van der Waals surface area contributed by atoms with E-state index in [-0.39, 0.29) is 51.6 Å². The van der Waals surface area contributed by atoms with Crippen molar-refractivity contribution in [2.75, 3.05) is 55.4 Å². The zero-order valence-electron chi connectivity index (χ0n) is 29.9. The van der Waals surface area contributed by atoms with Gasteiger partial charge in [0.05, 0.1) is 33.8 Å². The highest BCUT2D eigenvalue weighted by molar-refractivity contribution is 7.23. The van der Waals surface area contributed by atoms with E-state index in [2.05, 4.69) is 36.5 Å². The lowest BCUT2D eigenvalue weighted by Gasteiger charge is -2.32. The molecule has 3 aliphatic heterocycles. The van der Waals surface area contributed by atoms with E-state index in [1.807, 2.05) is 27.8 Å². The minimum atomic E-state index is -0.621. The second-order valence-corrected chi connectivity index (χ2v) is 15.2. The fourth-order valence-corrected chi connectivity index (χ4v) is 9.64. The Bertz CT molecular complexity index is 2240. The van der Waals surface area contributed by atoms with E-state index in [1.165, 1.54) is 12.4 Å². The van der Waals surface area contributed by atoms with Crippen molar-refractivity contribution in [1.82, 2.24) is 24.8 Å². The molecule has 2 fully saturated rings. The fraction of sp³-hybridized carbons (Fsp3) is 0.447. The monoisotopic (exact) mass is 725 g/mol. The van der Waals surface area contributed by atoms with Crippen LogP contribution < -0.4 is 25.0 Å². The van der Waals surface area contributed by atoms with E-state index in [0.717, 1.165) is 55.7 Å². The van der Waals surface area contributed by atoms with Crippen molar-refractivity contribution in [3.05, 3.63) is 53.0 Å². The van der Waals surface area contributed by atoms with Crippen LogP contribution in [-0.2, 0) is 0 Å². The molecule has 2 aromatic carbocycles. The van der Waals surface area contributed by atoms with Crippen LogP contribution in [0.4, 0.5) is 25.4 Å². The molecule has 0 radical (unpaired) electrons. The Balaban J connectivity index is 1.36. The van der Waals surface area contributed by atoms with Crippen LogP contribution in [0.5, 0.6) is 11.8 Å². The number of anilines is 3. The standard InChI is InChI=1S/C38H41F2N9O2S/c1-20(2)45-36-24(16-41)28-23(8-9-26(39)33(28)52-36)27-21(3)32-29-31(30(27)40)46-37(51-18-38-10-6-12-48(38)13-7-11-38)47-35(29)49(14-15-50-32)22(4)25-17-43-19-44-34(25)42-5/h8-9,17,19-20,22,45H,6-7,10-15,18H2,1-5H3,(H,42,43,44). The molecule has 2 saturated heterocycles. The van der Waals surface area contributed by atoms with E-state index in [1.54, 1.807) is 19.2 Å². The first-order valence-corrected chi connectivity index (χ1v) is 18.7. The molecule has 0 aliphatic carbocycles. The molecule has 14 heteroatoms. The molecule has 1 atom stereocenters. The highest BCUT2D eigenvalue weighted by Crippen LogP contribution is 2.50. The molecule has 0 saturated carbocycles. The number of hydrogen-bond acceptors (Lipinski definition) is 12. The van der Waals surface area contributed by atoms with Crippen molar-refractivity contribution in [1.29, 1.82) is 5.26 Å². The first-order chi connectivity index (χ1) is 25.2. The summed E-state index contributed by atoms with van der Waals surface area (Å²) in [6.07, 6.45) is 7.54. The molecule has 52 heavy (non-hydrogen) atoms. The quantitative estimate of drug-likeness (QED) is 0.156. The van der Waals surface area contributed by atoms with E-state index in [9.17, 15) is 5.26 Å². The summed E-state index contributed by atoms with van der Waals surface area (Å²) >= 11 is 1.15. The van der Waals surface area contributed by atoms with E-state index < -0.39 is 11.6 Å². The Morgan fingerprint density at radius 3 is 2.63 bits per heavy atom. The second-order valence-electron chi connectivity index (χ2n) is 14.2. The zero-order chi connectivity index (χ0) is 36.3. The Morgan fingerprint density at radius 1 is 1.12 bits per heavy atom. The number of nitrogens with zero attached hydrogens (tertiary/aromatic N) is 7. The van der Waals surface area contributed by atoms with Crippen LogP contribution in [0.3, 0.4) is 0 Å².